The third kappa shape index (κ3) is 4.83. The van der Waals surface area contributed by atoms with Crippen LogP contribution < -0.4 is 0 Å². The molecule has 154 valence electrons. The Morgan fingerprint density at radius 1 is 0.929 bits per heavy atom. The molecule has 3 aliphatic rings. The van der Waals surface area contributed by atoms with Gasteiger partial charge in [-0.2, -0.15) is 0 Å². The lowest BCUT2D eigenvalue weighted by molar-refractivity contribution is -0.198. The first-order valence-electron chi connectivity index (χ1n) is 10.5. The maximum Gasteiger partial charge on any atom is 0.352 e. The van der Waals surface area contributed by atoms with Crippen molar-refractivity contribution < 1.29 is 28.6 Å². The summed E-state index contributed by atoms with van der Waals surface area (Å²) in [6.45, 7) is 0.259. The number of ether oxygens (including phenoxy) is 3. The van der Waals surface area contributed by atoms with Crippen molar-refractivity contribution in [1.82, 2.24) is 0 Å². The molecule has 3 atom stereocenters. The highest BCUT2D eigenvalue weighted by molar-refractivity contribution is 5.89. The van der Waals surface area contributed by atoms with Gasteiger partial charge in [-0.1, -0.05) is 37.5 Å². The first-order chi connectivity index (χ1) is 13.7. The molecule has 0 radical (unpaired) electrons. The Morgan fingerprint density at radius 3 is 2.36 bits per heavy atom. The lowest BCUT2D eigenvalue weighted by Crippen LogP contribution is -2.55. The second kappa shape index (κ2) is 9.89. The van der Waals surface area contributed by atoms with E-state index in [1.165, 1.54) is 0 Å². The second-order valence-corrected chi connectivity index (χ2v) is 7.94. The molecule has 0 aliphatic heterocycles. The monoisotopic (exact) mass is 390 g/mol. The van der Waals surface area contributed by atoms with Gasteiger partial charge in [0, 0.05) is 6.42 Å². The van der Waals surface area contributed by atoms with E-state index < -0.39 is 29.6 Å². The lowest BCUT2D eigenvalue weighted by Gasteiger charge is -2.39. The van der Waals surface area contributed by atoms with Crippen molar-refractivity contribution in [1.29, 1.82) is 0 Å². The number of esters is 2. The van der Waals surface area contributed by atoms with E-state index in [1.54, 1.807) is 6.08 Å². The highest BCUT2D eigenvalue weighted by Gasteiger charge is 2.55. The molecule has 0 aromatic heterocycles. The van der Waals surface area contributed by atoms with Crippen LogP contribution in [0.1, 0.15) is 70.6 Å². The predicted octanol–water partition coefficient (Wildman–Crippen LogP) is 3.78. The quantitative estimate of drug-likeness (QED) is 0.297. The van der Waals surface area contributed by atoms with Crippen LogP contribution in [0, 0.1) is 5.92 Å². The van der Waals surface area contributed by atoms with E-state index >= 15 is 0 Å². The van der Waals surface area contributed by atoms with Crippen molar-refractivity contribution in [3.05, 3.63) is 24.3 Å². The van der Waals surface area contributed by atoms with Crippen LogP contribution in [0.25, 0.3) is 0 Å². The van der Waals surface area contributed by atoms with Crippen LogP contribution in [0.3, 0.4) is 0 Å². The van der Waals surface area contributed by atoms with Gasteiger partial charge in [-0.25, -0.2) is 4.79 Å². The van der Waals surface area contributed by atoms with Crippen molar-refractivity contribution in [2.75, 3.05) is 0 Å². The first-order valence-corrected chi connectivity index (χ1v) is 10.5. The van der Waals surface area contributed by atoms with Crippen LogP contribution in [-0.4, -0.2) is 36.2 Å². The molecule has 0 amide bonds. The minimum absolute atomic E-state index is 0.117. The smallest absolute Gasteiger partial charge is 0.352 e. The van der Waals surface area contributed by atoms with E-state index in [9.17, 15) is 14.4 Å². The zero-order chi connectivity index (χ0) is 19.8. The topological polar surface area (TPSA) is 78.9 Å². The van der Waals surface area contributed by atoms with E-state index in [2.05, 4.69) is 0 Å². The van der Waals surface area contributed by atoms with Crippen molar-refractivity contribution in [2.45, 2.75) is 88.4 Å². The lowest BCUT2D eigenvalue weighted by atomic mass is 9.75. The Kier molecular flexibility index (Phi) is 7.29. The van der Waals surface area contributed by atoms with Gasteiger partial charge in [-0.05, 0) is 51.0 Å². The zero-order valence-electron chi connectivity index (χ0n) is 16.3. The number of rotatable bonds is 6. The maximum absolute atomic E-state index is 13.1. The normalized spacial score (nSPS) is 30.9. The number of carbonyl (C=O) groups is 3. The Bertz CT molecular complexity index is 617. The first kappa shape index (κ1) is 20.6. The van der Waals surface area contributed by atoms with E-state index in [4.69, 9.17) is 14.2 Å². The van der Waals surface area contributed by atoms with Gasteiger partial charge >= 0.3 is 11.9 Å². The molecule has 0 aromatic rings. The molecule has 0 bridgehead atoms. The molecule has 6 nitrogen and oxygen atoms in total. The number of hydrogen-bond acceptors (Lipinski definition) is 6. The molecule has 3 rings (SSSR count). The fraction of sp³-hybridized carbons (Fsp3) is 0.682. The van der Waals surface area contributed by atoms with Gasteiger partial charge in [0.2, 0.25) is 5.60 Å². The van der Waals surface area contributed by atoms with E-state index in [0.717, 1.165) is 44.9 Å². The SMILES string of the molecule is O=COC1(C(=O)OC2C=CC=CC2)CCCCC1C(=O)OC1CCCCCC1. The Hall–Kier alpha value is -2.11. The molecule has 2 fully saturated rings. The molecular weight excluding hydrogens is 360 g/mol. The summed E-state index contributed by atoms with van der Waals surface area (Å²) < 4.78 is 16.7. The van der Waals surface area contributed by atoms with Gasteiger partial charge in [-0.3, -0.25) is 9.59 Å². The van der Waals surface area contributed by atoms with E-state index in [-0.39, 0.29) is 19.0 Å². The van der Waals surface area contributed by atoms with Crippen LogP contribution in [0.2, 0.25) is 0 Å². The average molecular weight is 390 g/mol. The summed E-state index contributed by atoms with van der Waals surface area (Å²) in [6.07, 6.45) is 15.7. The summed E-state index contributed by atoms with van der Waals surface area (Å²) >= 11 is 0. The van der Waals surface area contributed by atoms with Crippen LogP contribution in [0.15, 0.2) is 24.3 Å². The van der Waals surface area contributed by atoms with Crippen LogP contribution in [0.5, 0.6) is 0 Å². The van der Waals surface area contributed by atoms with Crippen LogP contribution in [-0.2, 0) is 28.6 Å². The number of carbonyl (C=O) groups excluding carboxylic acids is 3. The summed E-state index contributed by atoms with van der Waals surface area (Å²) in [5, 5.41) is 0. The molecule has 3 unspecified atom stereocenters. The summed E-state index contributed by atoms with van der Waals surface area (Å²) in [6, 6.07) is 0. The maximum atomic E-state index is 13.1. The second-order valence-electron chi connectivity index (χ2n) is 7.94. The van der Waals surface area contributed by atoms with Gasteiger partial charge in [0.05, 0.1) is 0 Å². The highest BCUT2D eigenvalue weighted by Crippen LogP contribution is 2.39. The molecule has 0 spiro atoms. The molecule has 0 aromatic carbocycles. The fourth-order valence-electron chi connectivity index (χ4n) is 4.46. The van der Waals surface area contributed by atoms with Gasteiger partial charge in [0.25, 0.3) is 6.47 Å². The molecular formula is C22H30O6. The Balaban J connectivity index is 1.74. The summed E-state index contributed by atoms with van der Waals surface area (Å²) in [4.78, 5) is 37.4. The van der Waals surface area contributed by atoms with Crippen molar-refractivity contribution in [3.63, 3.8) is 0 Å². The third-order valence-electron chi connectivity index (χ3n) is 6.03. The fourth-order valence-corrected chi connectivity index (χ4v) is 4.46. The Labute approximate surface area is 166 Å². The number of allylic oxidation sites excluding steroid dienone is 2. The third-order valence-corrected chi connectivity index (χ3v) is 6.03. The van der Waals surface area contributed by atoms with Crippen LogP contribution >= 0.6 is 0 Å². The zero-order valence-corrected chi connectivity index (χ0v) is 16.3. The van der Waals surface area contributed by atoms with Crippen molar-refractivity contribution >= 4 is 18.4 Å². The van der Waals surface area contributed by atoms with E-state index in [0.29, 0.717) is 19.3 Å². The summed E-state index contributed by atoms with van der Waals surface area (Å²) in [5.41, 5.74) is -1.59. The molecule has 0 N–H and O–H groups in total. The van der Waals surface area contributed by atoms with Gasteiger partial charge in [-0.15, -0.1) is 0 Å². The van der Waals surface area contributed by atoms with Gasteiger partial charge in [0.1, 0.15) is 18.1 Å². The highest BCUT2D eigenvalue weighted by atomic mass is 16.6. The average Bonchev–Trinajstić information content (AvgIpc) is 2.98. The predicted molar refractivity (Wildman–Crippen MR) is 102 cm³/mol. The molecule has 0 heterocycles. The van der Waals surface area contributed by atoms with Gasteiger partial charge in [0.15, 0.2) is 0 Å². The van der Waals surface area contributed by atoms with Crippen LogP contribution in [0.4, 0.5) is 0 Å². The van der Waals surface area contributed by atoms with Crippen molar-refractivity contribution in [2.24, 2.45) is 5.92 Å². The van der Waals surface area contributed by atoms with E-state index in [1.807, 2.05) is 18.2 Å². The minimum atomic E-state index is -1.59. The molecule has 6 heteroatoms. The van der Waals surface area contributed by atoms with Gasteiger partial charge < -0.3 is 14.2 Å². The summed E-state index contributed by atoms with van der Waals surface area (Å²) in [5.74, 6) is -1.90. The largest absolute Gasteiger partial charge is 0.462 e. The molecule has 28 heavy (non-hydrogen) atoms. The standard InChI is InChI=1S/C22H30O6/c23-16-26-22(21(25)28-18-12-6-3-7-13-18)15-9-8-14-19(22)20(24)27-17-10-4-1-2-5-11-17/h3,6-7,12,16-19H,1-2,4-5,8-11,13-15H2. The van der Waals surface area contributed by atoms with Crippen molar-refractivity contribution in [3.8, 4) is 0 Å². The number of hydrogen-bond donors (Lipinski definition) is 0. The minimum Gasteiger partial charge on any atom is -0.462 e. The Morgan fingerprint density at radius 2 is 1.68 bits per heavy atom. The molecule has 0 saturated heterocycles. The molecule has 3 aliphatic carbocycles. The molecule has 2 saturated carbocycles. The summed E-state index contributed by atoms with van der Waals surface area (Å²) in [7, 11) is 0.